The summed E-state index contributed by atoms with van der Waals surface area (Å²) in [5.41, 5.74) is 11.2. The van der Waals surface area contributed by atoms with Crippen molar-refractivity contribution in [3.05, 3.63) is 11.9 Å². The fourth-order valence-corrected chi connectivity index (χ4v) is 2.09. The van der Waals surface area contributed by atoms with Crippen LogP contribution in [0.1, 0.15) is 25.1 Å². The summed E-state index contributed by atoms with van der Waals surface area (Å²) in [6.07, 6.45) is 4.80. The minimum Gasteiger partial charge on any atom is -0.384 e. The lowest BCUT2D eigenvalue weighted by molar-refractivity contribution is 0.230. The highest BCUT2D eigenvalue weighted by Crippen LogP contribution is 2.10. The standard InChI is InChI=1S/C11H19N5/c12-9-8-10(13)15-11(14-9)4-7-16-5-2-1-3-6-16/h8H,1-7H2,(H4,12,13,14,15). The van der Waals surface area contributed by atoms with Crippen molar-refractivity contribution in [1.82, 2.24) is 14.9 Å². The first-order chi connectivity index (χ1) is 7.74. The molecule has 1 aliphatic heterocycles. The van der Waals surface area contributed by atoms with Gasteiger partial charge in [0.1, 0.15) is 17.5 Å². The maximum absolute atomic E-state index is 5.62. The summed E-state index contributed by atoms with van der Waals surface area (Å²) < 4.78 is 0. The molecular formula is C11H19N5. The van der Waals surface area contributed by atoms with Crippen molar-refractivity contribution < 1.29 is 0 Å². The topological polar surface area (TPSA) is 81.1 Å². The number of likely N-dealkylation sites (tertiary alicyclic amines) is 1. The van der Waals surface area contributed by atoms with Gasteiger partial charge in [-0.1, -0.05) is 6.42 Å². The van der Waals surface area contributed by atoms with Crippen LogP contribution in [0.15, 0.2) is 6.07 Å². The molecule has 0 amide bonds. The van der Waals surface area contributed by atoms with E-state index in [4.69, 9.17) is 11.5 Å². The normalized spacial score (nSPS) is 17.5. The second-order valence-corrected chi connectivity index (χ2v) is 4.29. The van der Waals surface area contributed by atoms with Crippen LogP contribution in [0.5, 0.6) is 0 Å². The highest BCUT2D eigenvalue weighted by molar-refractivity contribution is 5.40. The van der Waals surface area contributed by atoms with Crippen molar-refractivity contribution in [1.29, 1.82) is 0 Å². The van der Waals surface area contributed by atoms with Crippen LogP contribution in [0.2, 0.25) is 0 Å². The average molecular weight is 221 g/mol. The Morgan fingerprint density at radius 3 is 2.31 bits per heavy atom. The number of nitrogens with two attached hydrogens (primary N) is 2. The molecule has 2 rings (SSSR count). The lowest BCUT2D eigenvalue weighted by atomic mass is 10.1. The van der Waals surface area contributed by atoms with Crippen LogP contribution in [0, 0.1) is 0 Å². The molecule has 88 valence electrons. The maximum Gasteiger partial charge on any atom is 0.134 e. The second kappa shape index (κ2) is 5.12. The monoisotopic (exact) mass is 221 g/mol. The molecule has 1 saturated heterocycles. The van der Waals surface area contributed by atoms with Crippen LogP contribution >= 0.6 is 0 Å². The Labute approximate surface area is 95.9 Å². The Morgan fingerprint density at radius 1 is 1.06 bits per heavy atom. The zero-order valence-electron chi connectivity index (χ0n) is 9.52. The minimum absolute atomic E-state index is 0.459. The summed E-state index contributed by atoms with van der Waals surface area (Å²) in [6.45, 7) is 3.39. The van der Waals surface area contributed by atoms with Crippen molar-refractivity contribution in [3.63, 3.8) is 0 Å². The van der Waals surface area contributed by atoms with Crippen LogP contribution < -0.4 is 11.5 Å². The number of hydrogen-bond acceptors (Lipinski definition) is 5. The van der Waals surface area contributed by atoms with E-state index in [2.05, 4.69) is 14.9 Å². The molecule has 0 bridgehead atoms. The van der Waals surface area contributed by atoms with Crippen LogP contribution in [0.25, 0.3) is 0 Å². The predicted octanol–water partition coefficient (Wildman–Crippen LogP) is 0.669. The molecule has 0 aliphatic carbocycles. The molecule has 4 N–H and O–H groups in total. The van der Waals surface area contributed by atoms with Gasteiger partial charge in [-0.2, -0.15) is 0 Å². The van der Waals surface area contributed by atoms with E-state index in [1.807, 2.05) is 0 Å². The van der Waals surface area contributed by atoms with Gasteiger partial charge in [0.2, 0.25) is 0 Å². The Hall–Kier alpha value is -1.36. The molecule has 0 aromatic carbocycles. The Balaban J connectivity index is 1.88. The van der Waals surface area contributed by atoms with Crippen molar-refractivity contribution >= 4 is 11.6 Å². The molecule has 0 spiro atoms. The predicted molar refractivity (Wildman–Crippen MR) is 64.9 cm³/mol. The molecule has 0 atom stereocenters. The summed E-state index contributed by atoms with van der Waals surface area (Å²) in [6, 6.07) is 1.59. The molecule has 16 heavy (non-hydrogen) atoms. The van der Waals surface area contributed by atoms with Gasteiger partial charge < -0.3 is 16.4 Å². The van der Waals surface area contributed by atoms with Gasteiger partial charge >= 0.3 is 0 Å². The number of piperidine rings is 1. The quantitative estimate of drug-likeness (QED) is 0.784. The van der Waals surface area contributed by atoms with Gasteiger partial charge in [0.05, 0.1) is 0 Å². The number of nitrogens with zero attached hydrogens (tertiary/aromatic N) is 3. The molecule has 1 aliphatic rings. The van der Waals surface area contributed by atoms with E-state index in [0.29, 0.717) is 11.6 Å². The molecule has 2 heterocycles. The van der Waals surface area contributed by atoms with E-state index < -0.39 is 0 Å². The van der Waals surface area contributed by atoms with Crippen LogP contribution in [-0.4, -0.2) is 34.5 Å². The number of rotatable bonds is 3. The zero-order chi connectivity index (χ0) is 11.4. The van der Waals surface area contributed by atoms with Gasteiger partial charge in [-0.05, 0) is 25.9 Å². The average Bonchev–Trinajstić information content (AvgIpc) is 2.27. The fourth-order valence-electron chi connectivity index (χ4n) is 2.09. The van der Waals surface area contributed by atoms with E-state index in [-0.39, 0.29) is 0 Å². The first-order valence-electron chi connectivity index (χ1n) is 5.85. The van der Waals surface area contributed by atoms with Gasteiger partial charge in [-0.25, -0.2) is 9.97 Å². The van der Waals surface area contributed by atoms with Crippen LogP contribution in [0.4, 0.5) is 11.6 Å². The summed E-state index contributed by atoms with van der Waals surface area (Å²) >= 11 is 0. The lowest BCUT2D eigenvalue weighted by Gasteiger charge is -2.25. The number of nitrogen functional groups attached to an aromatic ring is 2. The summed E-state index contributed by atoms with van der Waals surface area (Å²) in [7, 11) is 0. The molecule has 5 nitrogen and oxygen atoms in total. The van der Waals surface area contributed by atoms with Gasteiger partial charge in [0.25, 0.3) is 0 Å². The molecule has 0 saturated carbocycles. The molecule has 0 unspecified atom stereocenters. The van der Waals surface area contributed by atoms with Crippen molar-refractivity contribution in [2.75, 3.05) is 31.1 Å². The first kappa shape index (κ1) is 11.1. The summed E-state index contributed by atoms with van der Waals surface area (Å²) in [4.78, 5) is 10.8. The van der Waals surface area contributed by atoms with Crippen molar-refractivity contribution in [2.24, 2.45) is 0 Å². The summed E-state index contributed by atoms with van der Waals surface area (Å²) in [5, 5.41) is 0. The highest BCUT2D eigenvalue weighted by atomic mass is 15.1. The van der Waals surface area contributed by atoms with Crippen LogP contribution in [-0.2, 0) is 6.42 Å². The third-order valence-corrected chi connectivity index (χ3v) is 2.91. The minimum atomic E-state index is 0.459. The van der Waals surface area contributed by atoms with E-state index in [9.17, 15) is 0 Å². The van der Waals surface area contributed by atoms with Gasteiger partial charge in [-0.3, -0.25) is 0 Å². The van der Waals surface area contributed by atoms with E-state index in [0.717, 1.165) is 18.8 Å². The maximum atomic E-state index is 5.62. The Morgan fingerprint density at radius 2 is 1.69 bits per heavy atom. The van der Waals surface area contributed by atoms with Crippen LogP contribution in [0.3, 0.4) is 0 Å². The van der Waals surface area contributed by atoms with Gasteiger partial charge in [0.15, 0.2) is 0 Å². The van der Waals surface area contributed by atoms with Crippen molar-refractivity contribution in [3.8, 4) is 0 Å². The molecule has 0 radical (unpaired) electrons. The Kier molecular flexibility index (Phi) is 3.56. The Bertz CT molecular complexity index is 326. The third kappa shape index (κ3) is 3.06. The highest BCUT2D eigenvalue weighted by Gasteiger charge is 2.10. The number of aromatic nitrogens is 2. The molecule has 5 heteroatoms. The molecular weight excluding hydrogens is 202 g/mol. The fraction of sp³-hybridized carbons (Fsp3) is 0.636. The van der Waals surface area contributed by atoms with Gasteiger partial charge in [-0.15, -0.1) is 0 Å². The number of anilines is 2. The van der Waals surface area contributed by atoms with Gasteiger partial charge in [0, 0.05) is 19.0 Å². The summed E-state index contributed by atoms with van der Waals surface area (Å²) in [5.74, 6) is 1.67. The smallest absolute Gasteiger partial charge is 0.134 e. The zero-order valence-corrected chi connectivity index (χ0v) is 9.52. The second-order valence-electron chi connectivity index (χ2n) is 4.29. The molecule has 1 aromatic rings. The molecule has 1 aromatic heterocycles. The molecule has 1 fully saturated rings. The number of hydrogen-bond donors (Lipinski definition) is 2. The van der Waals surface area contributed by atoms with E-state index >= 15 is 0 Å². The largest absolute Gasteiger partial charge is 0.384 e. The first-order valence-corrected chi connectivity index (χ1v) is 5.85. The van der Waals surface area contributed by atoms with E-state index in [1.165, 1.54) is 32.4 Å². The van der Waals surface area contributed by atoms with E-state index in [1.54, 1.807) is 6.07 Å². The SMILES string of the molecule is Nc1cc(N)nc(CCN2CCCCC2)n1. The van der Waals surface area contributed by atoms with Crippen molar-refractivity contribution in [2.45, 2.75) is 25.7 Å². The lowest BCUT2D eigenvalue weighted by Crippen LogP contribution is -2.31. The third-order valence-electron chi connectivity index (χ3n) is 2.91.